The normalized spacial score (nSPS) is 12.7. The van der Waals surface area contributed by atoms with Gasteiger partial charge >= 0.3 is 0 Å². The van der Waals surface area contributed by atoms with Crippen LogP contribution >= 0.6 is 11.3 Å². The van der Waals surface area contributed by atoms with Crippen molar-refractivity contribution in [3.05, 3.63) is 236 Å². The van der Waals surface area contributed by atoms with Crippen molar-refractivity contribution >= 4 is 59.3 Å². The summed E-state index contributed by atoms with van der Waals surface area (Å²) in [4.78, 5) is 2.40. The van der Waals surface area contributed by atoms with E-state index in [1.165, 1.54) is 97.7 Å². The zero-order chi connectivity index (χ0) is 42.1. The first-order valence-electron chi connectivity index (χ1n) is 21.8. The van der Waals surface area contributed by atoms with Crippen molar-refractivity contribution in [3.8, 4) is 55.6 Å². The number of nitrogens with zero attached hydrogens (tertiary/aromatic N) is 1. The lowest BCUT2D eigenvalue weighted by Crippen LogP contribution is -2.14. The van der Waals surface area contributed by atoms with Gasteiger partial charge in [0.15, 0.2) is 0 Å². The molecule has 0 radical (unpaired) electrons. The van der Waals surface area contributed by atoms with Gasteiger partial charge in [-0.2, -0.15) is 0 Å². The van der Waals surface area contributed by atoms with Crippen LogP contribution in [0.1, 0.15) is 25.0 Å². The highest BCUT2D eigenvalue weighted by Crippen LogP contribution is 2.50. The second-order valence-electron chi connectivity index (χ2n) is 17.4. The lowest BCUT2D eigenvalue weighted by Gasteiger charge is -2.26. The average Bonchev–Trinajstić information content (AvgIpc) is 3.83. The standard InChI is InChI=1S/C61H43NS/c1-61(2)57-19-7-5-17-53(57)54-33-27-49(38-58(54)61)42-25-30-51(31-26-42)62(52-32-34-56-55-18-6-8-20-59(55)63-60(56)39-52)50-28-23-41(24-29-50)44-13-9-14-45(35-44)46-15-10-16-47(37-46)48-22-21-40-11-3-4-12-43(40)36-48/h3-39H,1-2H3. The molecule has 0 fully saturated rings. The maximum Gasteiger partial charge on any atom is 0.0476 e. The van der Waals surface area contributed by atoms with Crippen LogP contribution in [-0.4, -0.2) is 0 Å². The van der Waals surface area contributed by atoms with Gasteiger partial charge in [-0.15, -0.1) is 11.3 Å². The molecule has 63 heavy (non-hydrogen) atoms. The molecule has 1 nitrogen and oxygen atoms in total. The van der Waals surface area contributed by atoms with Crippen molar-refractivity contribution in [2.75, 3.05) is 4.90 Å². The molecule has 0 bridgehead atoms. The van der Waals surface area contributed by atoms with Crippen LogP contribution < -0.4 is 4.90 Å². The molecule has 1 aliphatic rings. The molecule has 12 rings (SSSR count). The van der Waals surface area contributed by atoms with Crippen LogP contribution in [0.4, 0.5) is 17.1 Å². The fourth-order valence-corrected chi connectivity index (χ4v) is 11.1. The molecule has 1 aliphatic carbocycles. The number of benzene rings is 10. The Hall–Kier alpha value is -7.52. The summed E-state index contributed by atoms with van der Waals surface area (Å²) in [7, 11) is 0. The van der Waals surface area contributed by atoms with Gasteiger partial charge < -0.3 is 4.90 Å². The highest BCUT2D eigenvalue weighted by atomic mass is 32.1. The van der Waals surface area contributed by atoms with Gasteiger partial charge in [-0.3, -0.25) is 0 Å². The molecule has 0 saturated carbocycles. The fraction of sp³-hybridized carbons (Fsp3) is 0.0492. The molecule has 0 aliphatic heterocycles. The SMILES string of the molecule is CC1(C)c2ccccc2-c2ccc(-c3ccc(N(c4ccc(-c5cccc(-c6cccc(-c7ccc8ccccc8c7)c6)c5)cc4)c4ccc5c(c4)sc4ccccc45)cc3)cc21. The topological polar surface area (TPSA) is 3.24 Å². The van der Waals surface area contributed by atoms with E-state index in [1.54, 1.807) is 0 Å². The number of anilines is 3. The van der Waals surface area contributed by atoms with Gasteiger partial charge in [0.25, 0.3) is 0 Å². The Kier molecular flexibility index (Phi) is 8.77. The van der Waals surface area contributed by atoms with Crippen LogP contribution in [-0.2, 0) is 5.41 Å². The first kappa shape index (κ1) is 37.3. The second-order valence-corrected chi connectivity index (χ2v) is 18.4. The lowest BCUT2D eigenvalue weighted by molar-refractivity contribution is 0.660. The maximum absolute atomic E-state index is 2.41. The van der Waals surface area contributed by atoms with Crippen molar-refractivity contribution in [1.29, 1.82) is 0 Å². The summed E-state index contributed by atoms with van der Waals surface area (Å²) in [5.74, 6) is 0. The summed E-state index contributed by atoms with van der Waals surface area (Å²) >= 11 is 1.86. The minimum atomic E-state index is -0.0408. The van der Waals surface area contributed by atoms with Gasteiger partial charge in [0.05, 0.1) is 0 Å². The Labute approximate surface area is 372 Å². The van der Waals surface area contributed by atoms with Crippen LogP contribution in [0.15, 0.2) is 224 Å². The van der Waals surface area contributed by atoms with Crippen molar-refractivity contribution in [1.82, 2.24) is 0 Å². The van der Waals surface area contributed by atoms with Crippen LogP contribution in [0.2, 0.25) is 0 Å². The smallest absolute Gasteiger partial charge is 0.0476 e. The third-order valence-corrected chi connectivity index (χ3v) is 14.4. The molecule has 0 amide bonds. The van der Waals surface area contributed by atoms with E-state index in [4.69, 9.17) is 0 Å². The molecular weight excluding hydrogens is 779 g/mol. The van der Waals surface area contributed by atoms with Crippen molar-refractivity contribution in [3.63, 3.8) is 0 Å². The van der Waals surface area contributed by atoms with E-state index < -0.39 is 0 Å². The Morgan fingerprint density at radius 2 is 0.825 bits per heavy atom. The predicted octanol–water partition coefficient (Wildman–Crippen LogP) is 17.7. The highest BCUT2D eigenvalue weighted by molar-refractivity contribution is 7.25. The Morgan fingerprint density at radius 3 is 1.54 bits per heavy atom. The Balaban J connectivity index is 0.887. The molecule has 10 aromatic carbocycles. The van der Waals surface area contributed by atoms with Gasteiger partial charge in [-0.05, 0) is 144 Å². The Morgan fingerprint density at radius 1 is 0.317 bits per heavy atom. The summed E-state index contributed by atoms with van der Waals surface area (Å²) in [5.41, 5.74) is 18.5. The van der Waals surface area contributed by atoms with Crippen molar-refractivity contribution < 1.29 is 0 Å². The van der Waals surface area contributed by atoms with Gasteiger partial charge in [-0.25, -0.2) is 0 Å². The van der Waals surface area contributed by atoms with E-state index >= 15 is 0 Å². The molecule has 0 unspecified atom stereocenters. The average molecular weight is 822 g/mol. The molecule has 0 atom stereocenters. The minimum Gasteiger partial charge on any atom is -0.310 e. The number of rotatable bonds is 7. The van der Waals surface area contributed by atoms with E-state index in [9.17, 15) is 0 Å². The zero-order valence-electron chi connectivity index (χ0n) is 35.2. The number of thiophene rings is 1. The van der Waals surface area contributed by atoms with Gasteiger partial charge in [0.1, 0.15) is 0 Å². The van der Waals surface area contributed by atoms with E-state index in [-0.39, 0.29) is 5.41 Å². The summed E-state index contributed by atoms with van der Waals surface area (Å²) in [6, 6.07) is 82.9. The summed E-state index contributed by atoms with van der Waals surface area (Å²) in [5, 5.41) is 5.13. The molecular formula is C61H43NS. The molecule has 0 saturated heterocycles. The molecule has 0 spiro atoms. The van der Waals surface area contributed by atoms with Crippen molar-refractivity contribution in [2.45, 2.75) is 19.3 Å². The molecule has 1 heterocycles. The quantitative estimate of drug-likeness (QED) is 0.155. The number of fused-ring (bicyclic) bond motifs is 7. The van der Waals surface area contributed by atoms with Crippen LogP contribution in [0, 0.1) is 0 Å². The van der Waals surface area contributed by atoms with E-state index in [2.05, 4.69) is 243 Å². The predicted molar refractivity (Wildman–Crippen MR) is 271 cm³/mol. The summed E-state index contributed by atoms with van der Waals surface area (Å²) in [6.45, 7) is 4.70. The highest BCUT2D eigenvalue weighted by Gasteiger charge is 2.35. The third kappa shape index (κ3) is 6.45. The molecule has 11 aromatic rings. The molecule has 1 aromatic heterocycles. The van der Waals surface area contributed by atoms with E-state index in [0.29, 0.717) is 0 Å². The van der Waals surface area contributed by atoms with Crippen LogP contribution in [0.25, 0.3) is 86.6 Å². The minimum absolute atomic E-state index is 0.0408. The number of hydrogen-bond donors (Lipinski definition) is 0. The first-order valence-corrected chi connectivity index (χ1v) is 22.6. The van der Waals surface area contributed by atoms with Gasteiger partial charge in [0.2, 0.25) is 0 Å². The largest absolute Gasteiger partial charge is 0.310 e. The summed E-state index contributed by atoms with van der Waals surface area (Å²) < 4.78 is 2.60. The summed E-state index contributed by atoms with van der Waals surface area (Å²) in [6.07, 6.45) is 0. The van der Waals surface area contributed by atoms with E-state index in [0.717, 1.165) is 17.1 Å². The maximum atomic E-state index is 2.41. The second kappa shape index (κ2) is 14.8. The van der Waals surface area contributed by atoms with Crippen LogP contribution in [0.5, 0.6) is 0 Å². The zero-order valence-corrected chi connectivity index (χ0v) is 36.0. The molecule has 298 valence electrons. The molecule has 2 heteroatoms. The monoisotopic (exact) mass is 821 g/mol. The Bertz CT molecular complexity index is 3540. The number of hydrogen-bond acceptors (Lipinski definition) is 2. The van der Waals surface area contributed by atoms with Gasteiger partial charge in [-0.1, -0.05) is 172 Å². The first-order chi connectivity index (χ1) is 30.9. The van der Waals surface area contributed by atoms with Crippen molar-refractivity contribution in [2.24, 2.45) is 0 Å². The lowest BCUT2D eigenvalue weighted by atomic mass is 9.81. The van der Waals surface area contributed by atoms with Gasteiger partial charge in [0, 0.05) is 42.6 Å². The third-order valence-electron chi connectivity index (χ3n) is 13.3. The van der Waals surface area contributed by atoms with E-state index in [1.807, 2.05) is 11.3 Å². The fourth-order valence-electron chi connectivity index (χ4n) is 9.92. The molecule has 0 N–H and O–H groups in total. The van der Waals surface area contributed by atoms with Crippen LogP contribution in [0.3, 0.4) is 0 Å².